The van der Waals surface area contributed by atoms with Gasteiger partial charge in [0.15, 0.2) is 0 Å². The van der Waals surface area contributed by atoms with E-state index in [0.717, 1.165) is 60.7 Å². The van der Waals surface area contributed by atoms with Gasteiger partial charge in [-0.05, 0) is 35.7 Å². The van der Waals surface area contributed by atoms with Crippen LogP contribution in [0.5, 0.6) is 0 Å². The van der Waals surface area contributed by atoms with Crippen molar-refractivity contribution in [3.8, 4) is 0 Å². The lowest BCUT2D eigenvalue weighted by Crippen LogP contribution is -2.46. The van der Waals surface area contributed by atoms with Crippen molar-refractivity contribution in [3.63, 3.8) is 0 Å². The van der Waals surface area contributed by atoms with Crippen LogP contribution in [0.4, 0.5) is 10.3 Å². The van der Waals surface area contributed by atoms with Gasteiger partial charge in [-0.25, -0.2) is 14.4 Å². The molecule has 0 radical (unpaired) electrons. The molecule has 1 aromatic carbocycles. The summed E-state index contributed by atoms with van der Waals surface area (Å²) in [6.07, 6.45) is 4.76. The van der Waals surface area contributed by atoms with E-state index in [9.17, 15) is 4.39 Å². The monoisotopic (exact) mass is 378 g/mol. The van der Waals surface area contributed by atoms with E-state index in [-0.39, 0.29) is 5.82 Å². The van der Waals surface area contributed by atoms with Gasteiger partial charge < -0.3 is 4.90 Å². The molecule has 1 fully saturated rings. The highest BCUT2D eigenvalue weighted by molar-refractivity contribution is 9.10. The first-order valence-corrected chi connectivity index (χ1v) is 8.67. The molecule has 1 aliphatic rings. The number of aryl methyl sites for hydroxylation is 1. The predicted octanol–water partition coefficient (Wildman–Crippen LogP) is 3.26. The van der Waals surface area contributed by atoms with Gasteiger partial charge in [-0.1, -0.05) is 22.9 Å². The molecule has 23 heavy (non-hydrogen) atoms. The normalized spacial score (nSPS) is 15.9. The summed E-state index contributed by atoms with van der Waals surface area (Å²) in [5.74, 6) is 0.611. The van der Waals surface area contributed by atoms with Gasteiger partial charge in [0, 0.05) is 49.6 Å². The van der Waals surface area contributed by atoms with Crippen molar-refractivity contribution in [3.05, 3.63) is 52.0 Å². The van der Waals surface area contributed by atoms with Crippen molar-refractivity contribution in [2.45, 2.75) is 19.9 Å². The van der Waals surface area contributed by atoms with E-state index in [1.807, 2.05) is 12.4 Å². The van der Waals surface area contributed by atoms with Crippen LogP contribution in [0.1, 0.15) is 18.1 Å². The highest BCUT2D eigenvalue weighted by Crippen LogP contribution is 2.21. The molecule has 4 nitrogen and oxygen atoms in total. The van der Waals surface area contributed by atoms with Crippen LogP contribution in [0.15, 0.2) is 35.1 Å². The van der Waals surface area contributed by atoms with Crippen LogP contribution < -0.4 is 4.90 Å². The molecular formula is C17H20BrFN4. The van der Waals surface area contributed by atoms with Gasteiger partial charge in [-0.3, -0.25) is 4.90 Å². The fraction of sp³-hybridized carbons (Fsp3) is 0.412. The fourth-order valence-electron chi connectivity index (χ4n) is 2.71. The third-order valence-electron chi connectivity index (χ3n) is 4.16. The van der Waals surface area contributed by atoms with Crippen LogP contribution in [-0.4, -0.2) is 41.0 Å². The van der Waals surface area contributed by atoms with Crippen LogP contribution in [0.2, 0.25) is 0 Å². The van der Waals surface area contributed by atoms with Crippen LogP contribution in [0, 0.1) is 5.82 Å². The molecule has 1 aliphatic heterocycles. The van der Waals surface area contributed by atoms with E-state index >= 15 is 0 Å². The van der Waals surface area contributed by atoms with Gasteiger partial charge in [0.1, 0.15) is 5.82 Å². The molecule has 0 aliphatic carbocycles. The molecule has 6 heteroatoms. The number of aromatic nitrogens is 2. The van der Waals surface area contributed by atoms with Crippen molar-refractivity contribution in [2.75, 3.05) is 31.1 Å². The summed E-state index contributed by atoms with van der Waals surface area (Å²) in [5, 5.41) is 0. The maximum absolute atomic E-state index is 13.4. The van der Waals surface area contributed by atoms with E-state index in [0.29, 0.717) is 0 Å². The lowest BCUT2D eigenvalue weighted by Gasteiger charge is -2.34. The molecule has 3 rings (SSSR count). The van der Waals surface area contributed by atoms with Crippen molar-refractivity contribution in [1.29, 1.82) is 0 Å². The molecule has 0 saturated carbocycles. The van der Waals surface area contributed by atoms with E-state index in [1.165, 1.54) is 6.07 Å². The Morgan fingerprint density at radius 1 is 1.13 bits per heavy atom. The maximum atomic E-state index is 13.4. The topological polar surface area (TPSA) is 32.3 Å². The molecule has 1 aromatic heterocycles. The van der Waals surface area contributed by atoms with Crippen LogP contribution >= 0.6 is 15.9 Å². The number of benzene rings is 1. The zero-order valence-corrected chi connectivity index (χ0v) is 14.8. The second-order valence-corrected chi connectivity index (χ2v) is 6.60. The van der Waals surface area contributed by atoms with Crippen molar-refractivity contribution in [2.24, 2.45) is 0 Å². The molecule has 0 unspecified atom stereocenters. The largest absolute Gasteiger partial charge is 0.338 e. The minimum Gasteiger partial charge on any atom is -0.338 e. The summed E-state index contributed by atoms with van der Waals surface area (Å²) in [6.45, 7) is 6.46. The highest BCUT2D eigenvalue weighted by atomic mass is 79.9. The molecular weight excluding hydrogens is 359 g/mol. The molecule has 2 heterocycles. The zero-order chi connectivity index (χ0) is 16.2. The number of nitrogens with zero attached hydrogens (tertiary/aromatic N) is 4. The number of anilines is 1. The second-order valence-electron chi connectivity index (χ2n) is 5.74. The number of rotatable bonds is 4. The number of halogens is 2. The number of hydrogen-bond donors (Lipinski definition) is 0. The molecule has 0 atom stereocenters. The van der Waals surface area contributed by atoms with Crippen LogP contribution in [0.3, 0.4) is 0 Å². The van der Waals surface area contributed by atoms with Crippen LogP contribution in [0.25, 0.3) is 0 Å². The lowest BCUT2D eigenvalue weighted by atomic mass is 10.2. The fourth-order valence-corrected chi connectivity index (χ4v) is 3.08. The first-order valence-electron chi connectivity index (χ1n) is 7.88. The van der Waals surface area contributed by atoms with Crippen molar-refractivity contribution < 1.29 is 4.39 Å². The Labute approximate surface area is 144 Å². The SMILES string of the molecule is CCc1cnc(N2CCN(Cc3cc(F)ccc3Br)CC2)nc1. The average Bonchev–Trinajstić information content (AvgIpc) is 2.59. The van der Waals surface area contributed by atoms with E-state index in [1.54, 1.807) is 12.1 Å². The zero-order valence-electron chi connectivity index (χ0n) is 13.2. The molecule has 122 valence electrons. The standard InChI is InChI=1S/C17H20BrFN4/c1-2-13-10-20-17(21-11-13)23-7-5-22(6-8-23)12-14-9-15(19)3-4-16(14)18/h3-4,9-11H,2,5-8,12H2,1H3. The maximum Gasteiger partial charge on any atom is 0.225 e. The van der Waals surface area contributed by atoms with Gasteiger partial charge in [-0.15, -0.1) is 0 Å². The summed E-state index contributed by atoms with van der Waals surface area (Å²) in [7, 11) is 0. The van der Waals surface area contributed by atoms with Gasteiger partial charge in [0.25, 0.3) is 0 Å². The summed E-state index contributed by atoms with van der Waals surface area (Å²) in [5.41, 5.74) is 2.14. The Hall–Kier alpha value is -1.53. The van der Waals surface area contributed by atoms with Gasteiger partial charge >= 0.3 is 0 Å². The minimum absolute atomic E-state index is 0.189. The highest BCUT2D eigenvalue weighted by Gasteiger charge is 2.19. The van der Waals surface area contributed by atoms with Crippen molar-refractivity contribution in [1.82, 2.24) is 14.9 Å². The quantitative estimate of drug-likeness (QED) is 0.817. The minimum atomic E-state index is -0.189. The molecule has 2 aromatic rings. The first kappa shape index (κ1) is 16.3. The summed E-state index contributed by atoms with van der Waals surface area (Å²) in [6, 6.07) is 4.84. The van der Waals surface area contributed by atoms with E-state index < -0.39 is 0 Å². The van der Waals surface area contributed by atoms with Crippen LogP contribution in [-0.2, 0) is 13.0 Å². The number of piperazine rings is 1. The third-order valence-corrected chi connectivity index (χ3v) is 4.93. The summed E-state index contributed by atoms with van der Waals surface area (Å²) in [4.78, 5) is 13.4. The molecule has 0 amide bonds. The van der Waals surface area contributed by atoms with E-state index in [4.69, 9.17) is 0 Å². The van der Waals surface area contributed by atoms with E-state index in [2.05, 4.69) is 42.6 Å². The molecule has 0 N–H and O–H groups in total. The summed E-state index contributed by atoms with van der Waals surface area (Å²) >= 11 is 3.50. The van der Waals surface area contributed by atoms with Gasteiger partial charge in [0.2, 0.25) is 5.95 Å². The smallest absolute Gasteiger partial charge is 0.225 e. The Bertz CT molecular complexity index is 654. The summed E-state index contributed by atoms with van der Waals surface area (Å²) < 4.78 is 14.3. The number of hydrogen-bond acceptors (Lipinski definition) is 4. The van der Waals surface area contributed by atoms with Crippen molar-refractivity contribution >= 4 is 21.9 Å². The molecule has 0 spiro atoms. The predicted molar refractivity (Wildman–Crippen MR) is 93.0 cm³/mol. The average molecular weight is 379 g/mol. The van der Waals surface area contributed by atoms with Gasteiger partial charge in [-0.2, -0.15) is 0 Å². The molecule has 0 bridgehead atoms. The Morgan fingerprint density at radius 2 is 1.83 bits per heavy atom. The Balaban J connectivity index is 1.58. The molecule has 1 saturated heterocycles. The third kappa shape index (κ3) is 4.06. The first-order chi connectivity index (χ1) is 11.2. The second kappa shape index (κ2) is 7.36. The van der Waals surface area contributed by atoms with Gasteiger partial charge in [0.05, 0.1) is 0 Å². The Morgan fingerprint density at radius 3 is 2.48 bits per heavy atom. The lowest BCUT2D eigenvalue weighted by molar-refractivity contribution is 0.248. The Kier molecular flexibility index (Phi) is 5.23.